The zero-order valence-electron chi connectivity index (χ0n) is 18.5. The number of hydrogen-bond acceptors (Lipinski definition) is 8. The van der Waals surface area contributed by atoms with Crippen LogP contribution in [-0.4, -0.2) is 43.3 Å². The van der Waals surface area contributed by atoms with Crippen molar-refractivity contribution in [2.75, 3.05) is 26.2 Å². The highest BCUT2D eigenvalue weighted by molar-refractivity contribution is 6.51. The van der Waals surface area contributed by atoms with Crippen LogP contribution in [-0.2, 0) is 9.59 Å². The SMILES string of the molecule is COc1ccc(C2C(=C(O)c3ccc(OC)c(OC)c3)C(=O)C(=O)N2c2cc(C)on2)cc1. The number of aromatic nitrogens is 1. The summed E-state index contributed by atoms with van der Waals surface area (Å²) in [6.07, 6.45) is 0. The van der Waals surface area contributed by atoms with Crippen LogP contribution in [0.1, 0.15) is 22.9 Å². The predicted molar refractivity (Wildman–Crippen MR) is 119 cm³/mol. The van der Waals surface area contributed by atoms with Crippen molar-refractivity contribution in [1.29, 1.82) is 0 Å². The van der Waals surface area contributed by atoms with E-state index >= 15 is 0 Å². The van der Waals surface area contributed by atoms with Crippen LogP contribution in [0.2, 0.25) is 0 Å². The Hall–Kier alpha value is -4.27. The minimum Gasteiger partial charge on any atom is -0.507 e. The molecular formula is C24H22N2O7. The van der Waals surface area contributed by atoms with Crippen molar-refractivity contribution in [3.63, 3.8) is 0 Å². The van der Waals surface area contributed by atoms with Crippen molar-refractivity contribution < 1.29 is 33.4 Å². The first-order chi connectivity index (χ1) is 15.9. The van der Waals surface area contributed by atoms with Crippen LogP contribution in [0.15, 0.2) is 58.6 Å². The molecule has 0 spiro atoms. The molecule has 9 nitrogen and oxygen atoms in total. The smallest absolute Gasteiger partial charge is 0.301 e. The van der Waals surface area contributed by atoms with E-state index < -0.39 is 17.7 Å². The molecule has 1 aromatic heterocycles. The number of carbonyl (C=O) groups is 2. The Morgan fingerprint density at radius 3 is 2.24 bits per heavy atom. The van der Waals surface area contributed by atoms with Gasteiger partial charge in [-0.15, -0.1) is 0 Å². The maximum atomic E-state index is 13.1. The number of benzene rings is 2. The van der Waals surface area contributed by atoms with Gasteiger partial charge in [-0.05, 0) is 42.8 Å². The lowest BCUT2D eigenvalue weighted by Crippen LogP contribution is -2.29. The number of carbonyl (C=O) groups excluding carboxylic acids is 2. The highest BCUT2D eigenvalue weighted by atomic mass is 16.5. The van der Waals surface area contributed by atoms with Gasteiger partial charge in [0.05, 0.1) is 32.9 Å². The average Bonchev–Trinajstić information content (AvgIpc) is 3.38. The van der Waals surface area contributed by atoms with Crippen molar-refractivity contribution in [2.24, 2.45) is 0 Å². The fraction of sp³-hybridized carbons (Fsp3) is 0.208. The summed E-state index contributed by atoms with van der Waals surface area (Å²) in [7, 11) is 4.49. The van der Waals surface area contributed by atoms with Crippen LogP contribution in [0, 0.1) is 6.92 Å². The van der Waals surface area contributed by atoms with Crippen LogP contribution in [0.25, 0.3) is 5.76 Å². The highest BCUT2D eigenvalue weighted by Gasteiger charge is 2.48. The number of rotatable bonds is 6. The molecule has 0 saturated carbocycles. The Balaban J connectivity index is 1.92. The molecule has 0 aliphatic carbocycles. The summed E-state index contributed by atoms with van der Waals surface area (Å²) in [5.41, 5.74) is 0.788. The lowest BCUT2D eigenvalue weighted by molar-refractivity contribution is -0.132. The number of methoxy groups -OCH3 is 3. The van der Waals surface area contributed by atoms with Crippen molar-refractivity contribution in [3.8, 4) is 17.2 Å². The molecule has 1 fully saturated rings. The zero-order valence-corrected chi connectivity index (χ0v) is 18.5. The molecule has 0 bridgehead atoms. The molecule has 33 heavy (non-hydrogen) atoms. The Labute approximate surface area is 189 Å². The maximum absolute atomic E-state index is 13.1. The molecule has 2 aromatic carbocycles. The van der Waals surface area contributed by atoms with Gasteiger partial charge in [0.1, 0.15) is 17.3 Å². The average molecular weight is 450 g/mol. The number of anilines is 1. The number of Topliss-reactive ketones (excluding diaryl/α,β-unsaturated/α-hetero) is 1. The first-order valence-electron chi connectivity index (χ1n) is 10.00. The van der Waals surface area contributed by atoms with Crippen LogP contribution in [0.5, 0.6) is 17.2 Å². The number of amides is 1. The second kappa shape index (κ2) is 8.70. The van der Waals surface area contributed by atoms with Gasteiger partial charge < -0.3 is 23.8 Å². The summed E-state index contributed by atoms with van der Waals surface area (Å²) >= 11 is 0. The van der Waals surface area contributed by atoms with Crippen LogP contribution < -0.4 is 19.1 Å². The van der Waals surface area contributed by atoms with Crippen LogP contribution in [0.3, 0.4) is 0 Å². The number of aliphatic hydroxyl groups excluding tert-OH is 1. The van der Waals surface area contributed by atoms with Gasteiger partial charge in [0, 0.05) is 11.6 Å². The largest absolute Gasteiger partial charge is 0.507 e. The Morgan fingerprint density at radius 1 is 0.970 bits per heavy atom. The molecule has 2 heterocycles. The summed E-state index contributed by atoms with van der Waals surface area (Å²) in [6.45, 7) is 1.68. The van der Waals surface area contributed by atoms with Crippen LogP contribution in [0.4, 0.5) is 5.82 Å². The molecule has 1 amide bonds. The topological polar surface area (TPSA) is 111 Å². The molecule has 4 rings (SSSR count). The molecule has 1 saturated heterocycles. The third kappa shape index (κ3) is 3.78. The van der Waals surface area contributed by atoms with E-state index in [1.54, 1.807) is 49.4 Å². The van der Waals surface area contributed by atoms with Crippen LogP contribution >= 0.6 is 0 Å². The van der Waals surface area contributed by atoms with Gasteiger partial charge in [0.25, 0.3) is 5.78 Å². The second-order valence-corrected chi connectivity index (χ2v) is 7.31. The van der Waals surface area contributed by atoms with Gasteiger partial charge in [-0.25, -0.2) is 0 Å². The third-order valence-electron chi connectivity index (χ3n) is 5.40. The number of nitrogens with zero attached hydrogens (tertiary/aromatic N) is 2. The molecule has 170 valence electrons. The Morgan fingerprint density at radius 2 is 1.67 bits per heavy atom. The summed E-state index contributed by atoms with van der Waals surface area (Å²) in [5.74, 6) is 0.0471. The first-order valence-corrected chi connectivity index (χ1v) is 10.00. The van der Waals surface area contributed by atoms with Gasteiger partial charge in [-0.1, -0.05) is 17.3 Å². The summed E-state index contributed by atoms with van der Waals surface area (Å²) in [4.78, 5) is 27.4. The van der Waals surface area contributed by atoms with E-state index in [1.165, 1.54) is 32.3 Å². The fourth-order valence-electron chi connectivity index (χ4n) is 3.78. The van der Waals surface area contributed by atoms with Crippen molar-refractivity contribution in [3.05, 3.63) is 71.0 Å². The summed E-state index contributed by atoms with van der Waals surface area (Å²) < 4.78 is 20.9. The van der Waals surface area contributed by atoms with Crippen molar-refractivity contribution in [1.82, 2.24) is 5.16 Å². The molecular weight excluding hydrogens is 428 g/mol. The van der Waals surface area contributed by atoms with E-state index in [0.29, 0.717) is 34.1 Å². The first kappa shape index (κ1) is 21.9. The molecule has 1 aliphatic rings. The second-order valence-electron chi connectivity index (χ2n) is 7.31. The molecule has 9 heteroatoms. The number of ether oxygens (including phenoxy) is 3. The van der Waals surface area contributed by atoms with E-state index in [0.717, 1.165) is 0 Å². The Kier molecular flexibility index (Phi) is 5.78. The molecule has 1 N–H and O–H groups in total. The standard InChI is InChI=1S/C24H22N2O7/c1-13-11-19(25-33-13)26-21(14-5-8-16(30-2)9-6-14)20(23(28)24(26)29)22(27)15-7-10-17(31-3)18(12-15)32-4/h5-12,21,27H,1-4H3. The molecule has 0 radical (unpaired) electrons. The molecule has 1 aliphatic heterocycles. The quantitative estimate of drug-likeness (QED) is 0.344. The van der Waals surface area contributed by atoms with E-state index in [4.69, 9.17) is 18.7 Å². The predicted octanol–water partition coefficient (Wildman–Crippen LogP) is 3.64. The minimum atomic E-state index is -0.937. The highest BCUT2D eigenvalue weighted by Crippen LogP contribution is 2.43. The van der Waals surface area contributed by atoms with Gasteiger partial charge in [0.15, 0.2) is 17.3 Å². The van der Waals surface area contributed by atoms with E-state index in [2.05, 4.69) is 5.16 Å². The lowest BCUT2D eigenvalue weighted by Gasteiger charge is -2.23. The number of aryl methyl sites for hydroxylation is 1. The van der Waals surface area contributed by atoms with Gasteiger partial charge in [-0.3, -0.25) is 14.5 Å². The fourth-order valence-corrected chi connectivity index (χ4v) is 3.78. The van der Waals surface area contributed by atoms with Gasteiger partial charge in [-0.2, -0.15) is 0 Å². The number of ketones is 1. The monoisotopic (exact) mass is 450 g/mol. The summed E-state index contributed by atoms with van der Waals surface area (Å²) in [5, 5.41) is 15.1. The summed E-state index contributed by atoms with van der Waals surface area (Å²) in [6, 6.07) is 12.2. The van der Waals surface area contributed by atoms with E-state index in [9.17, 15) is 14.7 Å². The molecule has 1 atom stereocenters. The normalized spacial score (nSPS) is 17.3. The molecule has 1 unspecified atom stereocenters. The minimum absolute atomic E-state index is 0.0851. The third-order valence-corrected chi connectivity index (χ3v) is 5.40. The van der Waals surface area contributed by atoms with E-state index in [1.807, 2.05) is 0 Å². The lowest BCUT2D eigenvalue weighted by atomic mass is 9.95. The van der Waals surface area contributed by atoms with Gasteiger partial charge in [0.2, 0.25) is 0 Å². The van der Waals surface area contributed by atoms with E-state index in [-0.39, 0.29) is 17.2 Å². The number of hydrogen-bond donors (Lipinski definition) is 1. The zero-order chi connectivity index (χ0) is 23.7. The molecule has 3 aromatic rings. The van der Waals surface area contributed by atoms with Crippen molar-refractivity contribution in [2.45, 2.75) is 13.0 Å². The maximum Gasteiger partial charge on any atom is 0.301 e. The van der Waals surface area contributed by atoms with Gasteiger partial charge >= 0.3 is 5.91 Å². The van der Waals surface area contributed by atoms with Crippen molar-refractivity contribution >= 4 is 23.3 Å². The Bertz CT molecular complexity index is 1240. The number of aliphatic hydroxyl groups is 1.